The zero-order valence-electron chi connectivity index (χ0n) is 11.6. The summed E-state index contributed by atoms with van der Waals surface area (Å²) < 4.78 is 13.7. The van der Waals surface area contributed by atoms with Crippen LogP contribution in [0.3, 0.4) is 0 Å². The lowest BCUT2D eigenvalue weighted by atomic mass is 10.1. The van der Waals surface area contributed by atoms with E-state index in [1.54, 1.807) is 24.3 Å². The molecule has 0 unspecified atom stereocenters. The van der Waals surface area contributed by atoms with Crippen molar-refractivity contribution >= 4 is 11.7 Å². The van der Waals surface area contributed by atoms with Crippen LogP contribution in [0.15, 0.2) is 42.5 Å². The number of phenolic OH excluding ortho intramolecular Hbond substituents is 1. The highest BCUT2D eigenvalue weighted by Crippen LogP contribution is 2.22. The van der Waals surface area contributed by atoms with Crippen molar-refractivity contribution in [1.29, 1.82) is 0 Å². The molecule has 0 radical (unpaired) electrons. The number of halogens is 1. The number of carboxylic acid groups (broad SMARTS) is 1. The molecule has 4 nitrogen and oxygen atoms in total. The number of hydrogen-bond donors (Lipinski definition) is 2. The van der Waals surface area contributed by atoms with Gasteiger partial charge in [0.25, 0.3) is 0 Å². The second-order valence-electron chi connectivity index (χ2n) is 4.65. The maximum atomic E-state index is 13.7. The minimum Gasteiger partial charge on any atom is -0.508 e. The third-order valence-electron chi connectivity index (χ3n) is 3.21. The molecule has 0 aliphatic heterocycles. The van der Waals surface area contributed by atoms with E-state index in [9.17, 15) is 14.3 Å². The molecular weight excluding hydrogens is 273 g/mol. The summed E-state index contributed by atoms with van der Waals surface area (Å²) in [6.07, 6.45) is 0. The number of benzene rings is 2. The number of aromatic carboxylic acids is 1. The van der Waals surface area contributed by atoms with Gasteiger partial charge in [0.1, 0.15) is 11.6 Å². The molecule has 110 valence electrons. The van der Waals surface area contributed by atoms with Crippen LogP contribution in [-0.4, -0.2) is 22.7 Å². The van der Waals surface area contributed by atoms with Gasteiger partial charge in [-0.1, -0.05) is 12.1 Å². The number of carboxylic acids is 1. The van der Waals surface area contributed by atoms with Crippen LogP contribution in [0.1, 0.15) is 22.8 Å². The van der Waals surface area contributed by atoms with E-state index >= 15 is 0 Å². The lowest BCUT2D eigenvalue weighted by Crippen LogP contribution is -2.22. The second kappa shape index (κ2) is 6.26. The molecule has 0 heterocycles. The topological polar surface area (TPSA) is 60.8 Å². The third kappa shape index (κ3) is 3.51. The molecule has 0 spiro atoms. The SMILES string of the molecule is CCN(Cc1ccc(C(=O)O)c(F)c1)c1cccc(O)c1. The average molecular weight is 289 g/mol. The molecular formula is C16H16FNO3. The van der Waals surface area contributed by atoms with Crippen LogP contribution in [0.4, 0.5) is 10.1 Å². The quantitative estimate of drug-likeness (QED) is 0.887. The van der Waals surface area contributed by atoms with Crippen molar-refractivity contribution < 1.29 is 19.4 Å². The van der Waals surface area contributed by atoms with Crippen molar-refractivity contribution in [2.24, 2.45) is 0 Å². The summed E-state index contributed by atoms with van der Waals surface area (Å²) in [5, 5.41) is 18.3. The molecule has 0 amide bonds. The van der Waals surface area contributed by atoms with Gasteiger partial charge in [-0.05, 0) is 36.8 Å². The van der Waals surface area contributed by atoms with E-state index < -0.39 is 11.8 Å². The molecule has 2 rings (SSSR count). The Labute approximate surface area is 122 Å². The van der Waals surface area contributed by atoms with E-state index in [1.165, 1.54) is 12.1 Å². The van der Waals surface area contributed by atoms with Gasteiger partial charge in [-0.3, -0.25) is 0 Å². The predicted octanol–water partition coefficient (Wildman–Crippen LogP) is 3.26. The number of aromatic hydroxyl groups is 1. The number of phenols is 1. The lowest BCUT2D eigenvalue weighted by Gasteiger charge is -2.23. The maximum Gasteiger partial charge on any atom is 0.338 e. The Morgan fingerprint density at radius 2 is 2.00 bits per heavy atom. The van der Waals surface area contributed by atoms with E-state index in [1.807, 2.05) is 17.9 Å². The fourth-order valence-corrected chi connectivity index (χ4v) is 2.13. The second-order valence-corrected chi connectivity index (χ2v) is 4.65. The average Bonchev–Trinajstić information content (AvgIpc) is 2.44. The Bertz CT molecular complexity index is 658. The summed E-state index contributed by atoms with van der Waals surface area (Å²) in [5.74, 6) is -1.86. The van der Waals surface area contributed by atoms with Crippen LogP contribution in [0.2, 0.25) is 0 Å². The lowest BCUT2D eigenvalue weighted by molar-refractivity contribution is 0.0692. The predicted molar refractivity (Wildman–Crippen MR) is 78.2 cm³/mol. The van der Waals surface area contributed by atoms with Crippen molar-refractivity contribution in [3.63, 3.8) is 0 Å². The van der Waals surface area contributed by atoms with Crippen molar-refractivity contribution in [2.45, 2.75) is 13.5 Å². The Hall–Kier alpha value is -2.56. The van der Waals surface area contributed by atoms with Crippen molar-refractivity contribution in [1.82, 2.24) is 0 Å². The maximum absolute atomic E-state index is 13.7. The van der Waals surface area contributed by atoms with Crippen molar-refractivity contribution in [3.05, 3.63) is 59.4 Å². The minimum absolute atomic E-state index is 0.165. The zero-order valence-corrected chi connectivity index (χ0v) is 11.6. The Morgan fingerprint density at radius 3 is 2.57 bits per heavy atom. The molecule has 2 aromatic carbocycles. The Kier molecular flexibility index (Phi) is 4.42. The molecule has 0 aliphatic rings. The highest BCUT2D eigenvalue weighted by atomic mass is 19.1. The highest BCUT2D eigenvalue weighted by molar-refractivity contribution is 5.87. The third-order valence-corrected chi connectivity index (χ3v) is 3.21. The van der Waals surface area contributed by atoms with E-state index in [4.69, 9.17) is 5.11 Å². The fraction of sp³-hybridized carbons (Fsp3) is 0.188. The van der Waals surface area contributed by atoms with Crippen LogP contribution in [0.25, 0.3) is 0 Å². The molecule has 0 bridgehead atoms. The smallest absolute Gasteiger partial charge is 0.338 e. The van der Waals surface area contributed by atoms with Crippen LogP contribution < -0.4 is 4.90 Å². The first kappa shape index (κ1) is 14.8. The summed E-state index contributed by atoms with van der Waals surface area (Å²) in [4.78, 5) is 12.7. The number of anilines is 1. The minimum atomic E-state index is -1.28. The van der Waals surface area contributed by atoms with Gasteiger partial charge >= 0.3 is 5.97 Å². The normalized spacial score (nSPS) is 10.4. The summed E-state index contributed by atoms with van der Waals surface area (Å²) in [6, 6.07) is 10.9. The highest BCUT2D eigenvalue weighted by Gasteiger charge is 2.12. The van der Waals surface area contributed by atoms with E-state index in [0.717, 1.165) is 5.69 Å². The van der Waals surface area contributed by atoms with Gasteiger partial charge in [0.05, 0.1) is 5.56 Å². The van der Waals surface area contributed by atoms with Crippen LogP contribution >= 0.6 is 0 Å². The molecule has 5 heteroatoms. The molecule has 0 aliphatic carbocycles. The van der Waals surface area contributed by atoms with Gasteiger partial charge in [-0.15, -0.1) is 0 Å². The molecule has 0 aromatic heterocycles. The first-order valence-electron chi connectivity index (χ1n) is 6.57. The summed E-state index contributed by atoms with van der Waals surface area (Å²) in [7, 11) is 0. The molecule has 21 heavy (non-hydrogen) atoms. The summed E-state index contributed by atoms with van der Waals surface area (Å²) >= 11 is 0. The number of nitrogens with zero attached hydrogens (tertiary/aromatic N) is 1. The van der Waals surface area contributed by atoms with Crippen LogP contribution in [0.5, 0.6) is 5.75 Å². The van der Waals surface area contributed by atoms with E-state index in [-0.39, 0.29) is 11.3 Å². The van der Waals surface area contributed by atoms with Gasteiger partial charge in [-0.25, -0.2) is 9.18 Å². The molecule has 0 fully saturated rings. The molecule has 2 aromatic rings. The zero-order chi connectivity index (χ0) is 15.4. The van der Waals surface area contributed by atoms with Crippen molar-refractivity contribution in [2.75, 3.05) is 11.4 Å². The first-order valence-corrected chi connectivity index (χ1v) is 6.57. The fourth-order valence-electron chi connectivity index (χ4n) is 2.13. The standard InChI is InChI=1S/C16H16FNO3/c1-2-18(12-4-3-5-13(19)9-12)10-11-6-7-14(16(20)21)15(17)8-11/h3-9,19H,2,10H2,1H3,(H,20,21). The van der Waals surface area contributed by atoms with Gasteiger partial charge < -0.3 is 15.1 Å². The van der Waals surface area contributed by atoms with E-state index in [0.29, 0.717) is 18.7 Å². The van der Waals surface area contributed by atoms with Gasteiger partial charge in [0, 0.05) is 24.8 Å². The first-order chi connectivity index (χ1) is 10.0. The molecule has 0 saturated heterocycles. The number of hydrogen-bond acceptors (Lipinski definition) is 3. The van der Waals surface area contributed by atoms with Gasteiger partial charge in [-0.2, -0.15) is 0 Å². The van der Waals surface area contributed by atoms with E-state index in [2.05, 4.69) is 0 Å². The number of rotatable bonds is 5. The Balaban J connectivity index is 2.23. The molecule has 0 atom stereocenters. The van der Waals surface area contributed by atoms with Gasteiger partial charge in [0.2, 0.25) is 0 Å². The Morgan fingerprint density at radius 1 is 1.24 bits per heavy atom. The number of carbonyl (C=O) groups is 1. The van der Waals surface area contributed by atoms with Crippen LogP contribution in [-0.2, 0) is 6.54 Å². The van der Waals surface area contributed by atoms with Gasteiger partial charge in [0.15, 0.2) is 0 Å². The molecule has 2 N–H and O–H groups in total. The largest absolute Gasteiger partial charge is 0.508 e. The molecule has 0 saturated carbocycles. The summed E-state index contributed by atoms with van der Waals surface area (Å²) in [5.41, 5.74) is 1.15. The van der Waals surface area contributed by atoms with Crippen LogP contribution in [0, 0.1) is 5.82 Å². The van der Waals surface area contributed by atoms with Crippen molar-refractivity contribution in [3.8, 4) is 5.75 Å². The monoisotopic (exact) mass is 289 g/mol. The summed E-state index contributed by atoms with van der Waals surface area (Å²) in [6.45, 7) is 3.05.